The molecule has 0 aromatic heterocycles. The van der Waals surface area contributed by atoms with Crippen LogP contribution in [0.25, 0.3) is 0 Å². The largest absolute Gasteiger partial charge is 0.337 e. The van der Waals surface area contributed by atoms with Crippen LogP contribution >= 0.6 is 0 Å². The van der Waals surface area contributed by atoms with Gasteiger partial charge in [0, 0.05) is 25.2 Å². The van der Waals surface area contributed by atoms with Gasteiger partial charge in [0.1, 0.15) is 0 Å². The number of benzene rings is 1. The molecular formula is C15H18N2O6S. The van der Waals surface area contributed by atoms with E-state index in [0.29, 0.717) is 19.4 Å². The van der Waals surface area contributed by atoms with Crippen molar-refractivity contribution in [1.82, 2.24) is 4.90 Å². The van der Waals surface area contributed by atoms with Crippen LogP contribution in [0.4, 0.5) is 5.69 Å². The van der Waals surface area contributed by atoms with Crippen LogP contribution in [-0.2, 0) is 19.1 Å². The minimum absolute atomic E-state index is 0.148. The molecule has 1 aromatic carbocycles. The number of hydrogen-bond donors (Lipinski definition) is 0. The summed E-state index contributed by atoms with van der Waals surface area (Å²) in [6.07, 6.45) is 3.58. The van der Waals surface area contributed by atoms with Gasteiger partial charge >= 0.3 is 0 Å². The van der Waals surface area contributed by atoms with E-state index in [2.05, 4.69) is 0 Å². The molecule has 1 aliphatic heterocycles. The van der Waals surface area contributed by atoms with Gasteiger partial charge < -0.3 is 4.90 Å². The minimum atomic E-state index is -4.04. The van der Waals surface area contributed by atoms with Crippen molar-refractivity contribution in [3.63, 3.8) is 0 Å². The van der Waals surface area contributed by atoms with Gasteiger partial charge in [-0.2, -0.15) is 8.42 Å². The average molecular weight is 354 g/mol. The second-order valence-corrected chi connectivity index (χ2v) is 6.92. The molecule has 1 aromatic rings. The Labute approximate surface area is 140 Å². The Morgan fingerprint density at radius 1 is 1.38 bits per heavy atom. The van der Waals surface area contributed by atoms with Crippen LogP contribution in [0, 0.1) is 10.1 Å². The van der Waals surface area contributed by atoms with Crippen molar-refractivity contribution in [2.45, 2.75) is 30.8 Å². The lowest BCUT2D eigenvalue weighted by atomic mass is 10.1. The lowest BCUT2D eigenvalue weighted by Gasteiger charge is -2.31. The van der Waals surface area contributed by atoms with E-state index in [1.54, 1.807) is 17.9 Å². The fourth-order valence-electron chi connectivity index (χ4n) is 2.43. The highest BCUT2D eigenvalue weighted by atomic mass is 32.2. The molecule has 130 valence electrons. The topological polar surface area (TPSA) is 107 Å². The van der Waals surface area contributed by atoms with Crippen molar-refractivity contribution >= 4 is 21.7 Å². The van der Waals surface area contributed by atoms with Gasteiger partial charge in [-0.05, 0) is 38.0 Å². The molecule has 8 nitrogen and oxygen atoms in total. The van der Waals surface area contributed by atoms with Crippen LogP contribution in [0.15, 0.2) is 41.3 Å². The smallest absolute Gasteiger partial charge is 0.297 e. The number of nitro benzene ring substituents is 1. The highest BCUT2D eigenvalue weighted by Gasteiger charge is 2.28. The summed E-state index contributed by atoms with van der Waals surface area (Å²) in [5, 5.41) is 10.6. The molecular weight excluding hydrogens is 336 g/mol. The summed E-state index contributed by atoms with van der Waals surface area (Å²) in [6, 6.07) is 4.50. The molecule has 0 unspecified atom stereocenters. The Hall–Kier alpha value is -2.26. The number of carbonyl (C=O) groups excluding carboxylic acids is 1. The molecule has 1 aliphatic rings. The summed E-state index contributed by atoms with van der Waals surface area (Å²) in [7, 11) is -4.04. The Kier molecular flexibility index (Phi) is 5.68. The molecule has 0 N–H and O–H groups in total. The molecule has 1 fully saturated rings. The molecule has 1 saturated heterocycles. The van der Waals surface area contributed by atoms with E-state index in [-0.39, 0.29) is 23.0 Å². The summed E-state index contributed by atoms with van der Waals surface area (Å²) in [5.74, 6) is -0.182. The summed E-state index contributed by atoms with van der Waals surface area (Å²) in [5.41, 5.74) is -0.199. The predicted molar refractivity (Wildman–Crippen MR) is 85.8 cm³/mol. The van der Waals surface area contributed by atoms with Crippen LogP contribution in [-0.4, -0.2) is 43.3 Å². The van der Waals surface area contributed by atoms with Gasteiger partial charge in [0.15, 0.2) is 0 Å². The number of amides is 1. The fourth-order valence-corrected chi connectivity index (χ4v) is 3.53. The average Bonchev–Trinajstić information content (AvgIpc) is 2.55. The SMILES string of the molecule is CC=CC(=O)N1CCC[C@H](OS(=O)(=O)c2ccc([N+](=O)[O-])cc2)C1. The Bertz CT molecular complexity index is 742. The van der Waals surface area contributed by atoms with Crippen molar-refractivity contribution in [3.8, 4) is 0 Å². The summed E-state index contributed by atoms with van der Waals surface area (Å²) in [4.78, 5) is 23.2. The first-order chi connectivity index (χ1) is 11.3. The maximum absolute atomic E-state index is 12.3. The van der Waals surface area contributed by atoms with Gasteiger partial charge in [0.2, 0.25) is 5.91 Å². The van der Waals surface area contributed by atoms with Crippen molar-refractivity contribution < 1.29 is 22.3 Å². The van der Waals surface area contributed by atoms with Crippen molar-refractivity contribution in [2.24, 2.45) is 0 Å². The number of nitrogens with zero attached hydrogens (tertiary/aromatic N) is 2. The predicted octanol–water partition coefficient (Wildman–Crippen LogP) is 1.87. The van der Waals surface area contributed by atoms with Crippen molar-refractivity contribution in [2.75, 3.05) is 13.1 Å². The first kappa shape index (κ1) is 18.1. The fraction of sp³-hybridized carbons (Fsp3) is 0.400. The van der Waals surface area contributed by atoms with E-state index >= 15 is 0 Å². The van der Waals surface area contributed by atoms with Crippen LogP contribution in [0.5, 0.6) is 0 Å². The number of carbonyl (C=O) groups is 1. The van der Waals surface area contributed by atoms with Crippen molar-refractivity contribution in [1.29, 1.82) is 0 Å². The molecule has 0 bridgehead atoms. The zero-order valence-corrected chi connectivity index (χ0v) is 13.9. The van der Waals surface area contributed by atoms with Gasteiger partial charge in [0.25, 0.3) is 15.8 Å². The summed E-state index contributed by atoms with van der Waals surface area (Å²) in [6.45, 7) is 2.48. The molecule has 1 heterocycles. The highest BCUT2D eigenvalue weighted by molar-refractivity contribution is 7.86. The molecule has 0 radical (unpaired) electrons. The van der Waals surface area contributed by atoms with E-state index in [4.69, 9.17) is 4.18 Å². The van der Waals surface area contributed by atoms with Gasteiger partial charge in [-0.15, -0.1) is 0 Å². The Balaban J connectivity index is 2.08. The lowest BCUT2D eigenvalue weighted by molar-refractivity contribution is -0.384. The van der Waals surface area contributed by atoms with Crippen molar-refractivity contribution in [3.05, 3.63) is 46.5 Å². The second-order valence-electron chi connectivity index (χ2n) is 5.35. The molecule has 9 heteroatoms. The first-order valence-corrected chi connectivity index (χ1v) is 8.83. The van der Waals surface area contributed by atoms with Crippen LogP contribution in [0.2, 0.25) is 0 Å². The number of non-ortho nitro benzene ring substituents is 1. The normalized spacial score (nSPS) is 18.7. The number of allylic oxidation sites excluding steroid dienone is 1. The van der Waals surface area contributed by atoms with Gasteiger partial charge in [-0.3, -0.25) is 19.1 Å². The van der Waals surface area contributed by atoms with E-state index in [0.717, 1.165) is 24.3 Å². The third-order valence-electron chi connectivity index (χ3n) is 3.60. The quantitative estimate of drug-likeness (QED) is 0.346. The molecule has 1 atom stereocenters. The number of piperidine rings is 1. The maximum atomic E-state index is 12.3. The highest BCUT2D eigenvalue weighted by Crippen LogP contribution is 2.22. The van der Waals surface area contributed by atoms with Gasteiger partial charge in [-0.25, -0.2) is 0 Å². The summed E-state index contributed by atoms with van der Waals surface area (Å²) < 4.78 is 29.8. The molecule has 24 heavy (non-hydrogen) atoms. The molecule has 1 amide bonds. The lowest BCUT2D eigenvalue weighted by Crippen LogP contribution is -2.43. The zero-order valence-electron chi connectivity index (χ0n) is 13.1. The molecule has 2 rings (SSSR count). The third-order valence-corrected chi connectivity index (χ3v) is 4.97. The standard InChI is InChI=1S/C15H18N2O6S/c1-2-4-15(18)16-10-3-5-13(11-16)23-24(21,22)14-8-6-12(7-9-14)17(19)20/h2,4,6-9,13H,3,5,10-11H2,1H3/t13-/m0/s1. The number of nitro groups is 1. The monoisotopic (exact) mass is 354 g/mol. The van der Waals surface area contributed by atoms with Crippen LogP contribution < -0.4 is 0 Å². The van der Waals surface area contributed by atoms with Gasteiger partial charge in [-0.1, -0.05) is 6.08 Å². The number of likely N-dealkylation sites (tertiary alicyclic amines) is 1. The summed E-state index contributed by atoms with van der Waals surface area (Å²) >= 11 is 0. The van der Waals surface area contributed by atoms with E-state index in [1.807, 2.05) is 0 Å². The second kappa shape index (κ2) is 7.54. The number of hydrogen-bond acceptors (Lipinski definition) is 6. The minimum Gasteiger partial charge on any atom is -0.337 e. The van der Waals surface area contributed by atoms with Crippen LogP contribution in [0.1, 0.15) is 19.8 Å². The van der Waals surface area contributed by atoms with E-state index in [9.17, 15) is 23.3 Å². The number of rotatable bonds is 5. The zero-order chi connectivity index (χ0) is 17.7. The molecule has 0 spiro atoms. The maximum Gasteiger partial charge on any atom is 0.297 e. The third kappa shape index (κ3) is 4.39. The first-order valence-electron chi connectivity index (χ1n) is 7.43. The molecule has 0 aliphatic carbocycles. The van der Waals surface area contributed by atoms with E-state index < -0.39 is 21.1 Å². The molecule has 0 saturated carbocycles. The Morgan fingerprint density at radius 2 is 2.04 bits per heavy atom. The Morgan fingerprint density at radius 3 is 2.62 bits per heavy atom. The van der Waals surface area contributed by atoms with Gasteiger partial charge in [0.05, 0.1) is 15.9 Å². The van der Waals surface area contributed by atoms with E-state index in [1.165, 1.54) is 6.08 Å². The van der Waals surface area contributed by atoms with Crippen LogP contribution in [0.3, 0.4) is 0 Å².